The standard InChI is InChI=1S/C29H34FN5O3/c1-4-28(36)35-16-15-34(18-21(35)3)19-27(23-6-5-20(2)26(30)17-23)38-25-9-7-22(8-10-25)29(37)31-13-11-24-12-14-32-33-24/h4-10,12,14,17,21,27H,1,11,13,15-16,18-19H2,2-3H3,(H,31,37)(H,32,33)/t21-,27-/m1/s1. The van der Waals surface area contributed by atoms with E-state index in [9.17, 15) is 14.0 Å². The van der Waals surface area contributed by atoms with E-state index in [0.717, 1.165) is 11.3 Å². The SMILES string of the molecule is C=CC(=O)N1CCN(C[C@@H](Oc2ccc(C(=O)NCCc3ccn[nH]3)cc2)c2ccc(C)c(F)c2)C[C@H]1C. The number of H-pyrrole nitrogens is 1. The number of halogens is 1. The number of benzene rings is 2. The summed E-state index contributed by atoms with van der Waals surface area (Å²) in [6, 6.07) is 14.0. The number of hydrogen-bond donors (Lipinski definition) is 2. The molecule has 38 heavy (non-hydrogen) atoms. The fourth-order valence-electron chi connectivity index (χ4n) is 4.58. The van der Waals surface area contributed by atoms with Crippen LogP contribution in [0.3, 0.4) is 0 Å². The van der Waals surface area contributed by atoms with E-state index in [1.54, 1.807) is 43.5 Å². The van der Waals surface area contributed by atoms with Crippen LogP contribution in [0.15, 0.2) is 67.4 Å². The fourth-order valence-corrected chi connectivity index (χ4v) is 4.58. The van der Waals surface area contributed by atoms with Crippen molar-refractivity contribution in [1.29, 1.82) is 0 Å². The van der Waals surface area contributed by atoms with Gasteiger partial charge in [-0.15, -0.1) is 0 Å². The first kappa shape index (κ1) is 27.1. The van der Waals surface area contributed by atoms with Gasteiger partial charge >= 0.3 is 0 Å². The first-order valence-corrected chi connectivity index (χ1v) is 12.8. The minimum atomic E-state index is -0.437. The predicted molar refractivity (Wildman–Crippen MR) is 143 cm³/mol. The molecule has 9 heteroatoms. The first-order chi connectivity index (χ1) is 18.3. The van der Waals surface area contributed by atoms with E-state index in [2.05, 4.69) is 27.0 Å². The van der Waals surface area contributed by atoms with Gasteiger partial charge in [-0.1, -0.05) is 18.7 Å². The highest BCUT2D eigenvalue weighted by Crippen LogP contribution is 2.26. The Hall–Kier alpha value is -3.98. The number of ether oxygens (including phenoxy) is 1. The van der Waals surface area contributed by atoms with Crippen LogP contribution in [-0.4, -0.2) is 70.6 Å². The van der Waals surface area contributed by atoms with E-state index in [1.807, 2.05) is 24.0 Å². The van der Waals surface area contributed by atoms with Gasteiger partial charge in [0.25, 0.3) is 5.91 Å². The fraction of sp³-hybridized carbons (Fsp3) is 0.345. The van der Waals surface area contributed by atoms with E-state index in [0.29, 0.717) is 56.0 Å². The van der Waals surface area contributed by atoms with Crippen LogP contribution in [0.2, 0.25) is 0 Å². The Labute approximate surface area is 222 Å². The number of carbonyl (C=O) groups excluding carboxylic acids is 2. The van der Waals surface area contributed by atoms with Gasteiger partial charge in [0, 0.05) is 62.6 Å². The van der Waals surface area contributed by atoms with Crippen LogP contribution in [0, 0.1) is 12.7 Å². The summed E-state index contributed by atoms with van der Waals surface area (Å²) in [4.78, 5) is 28.7. The van der Waals surface area contributed by atoms with Crippen molar-refractivity contribution in [3.05, 3.63) is 95.6 Å². The van der Waals surface area contributed by atoms with Gasteiger partial charge < -0.3 is 15.0 Å². The summed E-state index contributed by atoms with van der Waals surface area (Å²) in [7, 11) is 0. The normalized spacial score (nSPS) is 16.6. The molecule has 1 aromatic heterocycles. The Kier molecular flexibility index (Phi) is 8.91. The third-order valence-corrected chi connectivity index (χ3v) is 6.79. The van der Waals surface area contributed by atoms with E-state index in [4.69, 9.17) is 4.74 Å². The molecule has 0 bridgehead atoms. The van der Waals surface area contributed by atoms with Gasteiger partial charge in [0.2, 0.25) is 5.91 Å². The molecule has 0 unspecified atom stereocenters. The van der Waals surface area contributed by atoms with E-state index < -0.39 is 6.10 Å². The van der Waals surface area contributed by atoms with Crippen molar-refractivity contribution in [1.82, 2.24) is 25.3 Å². The van der Waals surface area contributed by atoms with Crippen LogP contribution in [0.1, 0.15) is 40.2 Å². The van der Waals surface area contributed by atoms with Crippen molar-refractivity contribution in [3.63, 3.8) is 0 Å². The van der Waals surface area contributed by atoms with Crippen LogP contribution in [0.25, 0.3) is 0 Å². The summed E-state index contributed by atoms with van der Waals surface area (Å²) in [6.07, 6.45) is 3.25. The molecule has 200 valence electrons. The summed E-state index contributed by atoms with van der Waals surface area (Å²) in [5, 5.41) is 9.67. The van der Waals surface area contributed by atoms with Gasteiger partial charge in [-0.2, -0.15) is 5.10 Å². The molecule has 2 heterocycles. The molecule has 0 radical (unpaired) electrons. The second-order valence-corrected chi connectivity index (χ2v) is 9.57. The topological polar surface area (TPSA) is 90.6 Å². The molecular weight excluding hydrogens is 485 g/mol. The molecule has 1 aliphatic heterocycles. The Balaban J connectivity index is 1.42. The van der Waals surface area contributed by atoms with Crippen LogP contribution < -0.4 is 10.1 Å². The molecule has 8 nitrogen and oxygen atoms in total. The van der Waals surface area contributed by atoms with Crippen molar-refractivity contribution in [2.75, 3.05) is 32.7 Å². The average molecular weight is 520 g/mol. The summed E-state index contributed by atoms with van der Waals surface area (Å²) in [5.74, 6) is 0.0525. The number of nitrogens with one attached hydrogen (secondary N) is 2. The van der Waals surface area contributed by atoms with Crippen LogP contribution in [0.5, 0.6) is 5.75 Å². The summed E-state index contributed by atoms with van der Waals surface area (Å²) < 4.78 is 20.8. The molecule has 4 rings (SSSR count). The molecular formula is C29H34FN5O3. The minimum absolute atomic E-state index is 0.0238. The maximum atomic E-state index is 14.5. The molecule has 0 saturated carbocycles. The number of aryl methyl sites for hydroxylation is 1. The molecule has 0 spiro atoms. The lowest BCUT2D eigenvalue weighted by atomic mass is 10.0. The lowest BCUT2D eigenvalue weighted by Gasteiger charge is -2.40. The van der Waals surface area contributed by atoms with E-state index >= 15 is 0 Å². The highest BCUT2D eigenvalue weighted by molar-refractivity contribution is 5.94. The van der Waals surface area contributed by atoms with Gasteiger partial charge in [0.05, 0.1) is 0 Å². The third kappa shape index (κ3) is 6.86. The maximum absolute atomic E-state index is 14.5. The van der Waals surface area contributed by atoms with Crippen molar-refractivity contribution in [2.45, 2.75) is 32.4 Å². The summed E-state index contributed by atoms with van der Waals surface area (Å²) in [6.45, 7) is 10.3. The van der Waals surface area contributed by atoms with Gasteiger partial charge in [-0.3, -0.25) is 19.6 Å². The largest absolute Gasteiger partial charge is 0.484 e. The van der Waals surface area contributed by atoms with Gasteiger partial charge in [-0.25, -0.2) is 4.39 Å². The molecule has 1 aliphatic rings. The molecule has 3 aromatic rings. The van der Waals surface area contributed by atoms with Crippen molar-refractivity contribution in [3.8, 4) is 5.75 Å². The zero-order valence-corrected chi connectivity index (χ0v) is 21.8. The second kappa shape index (κ2) is 12.5. The Morgan fingerprint density at radius 2 is 2.03 bits per heavy atom. The minimum Gasteiger partial charge on any atom is -0.484 e. The van der Waals surface area contributed by atoms with Crippen LogP contribution >= 0.6 is 0 Å². The molecule has 0 aliphatic carbocycles. The smallest absolute Gasteiger partial charge is 0.251 e. The molecule has 1 fully saturated rings. The summed E-state index contributed by atoms with van der Waals surface area (Å²) in [5.41, 5.74) is 2.78. The van der Waals surface area contributed by atoms with Crippen molar-refractivity contribution < 1.29 is 18.7 Å². The number of aromatic nitrogens is 2. The quantitative estimate of drug-likeness (QED) is 0.399. The lowest BCUT2D eigenvalue weighted by Crippen LogP contribution is -2.54. The monoisotopic (exact) mass is 519 g/mol. The zero-order chi connectivity index (χ0) is 27.1. The highest BCUT2D eigenvalue weighted by atomic mass is 19.1. The Morgan fingerprint density at radius 1 is 1.24 bits per heavy atom. The van der Waals surface area contributed by atoms with Gasteiger partial charge in [0.15, 0.2) is 0 Å². The molecule has 2 aromatic carbocycles. The third-order valence-electron chi connectivity index (χ3n) is 6.79. The maximum Gasteiger partial charge on any atom is 0.251 e. The lowest BCUT2D eigenvalue weighted by molar-refractivity contribution is -0.130. The Morgan fingerprint density at radius 3 is 2.68 bits per heavy atom. The van der Waals surface area contributed by atoms with Crippen molar-refractivity contribution in [2.24, 2.45) is 0 Å². The highest BCUT2D eigenvalue weighted by Gasteiger charge is 2.28. The van der Waals surface area contributed by atoms with Gasteiger partial charge in [0.1, 0.15) is 17.7 Å². The predicted octanol–water partition coefficient (Wildman–Crippen LogP) is 3.67. The van der Waals surface area contributed by atoms with Crippen LogP contribution in [-0.2, 0) is 11.2 Å². The number of carbonyl (C=O) groups is 2. The molecule has 2 amide bonds. The van der Waals surface area contributed by atoms with E-state index in [1.165, 1.54) is 12.1 Å². The number of nitrogens with zero attached hydrogens (tertiary/aromatic N) is 3. The second-order valence-electron chi connectivity index (χ2n) is 9.57. The Bertz CT molecular complexity index is 1250. The number of rotatable bonds is 10. The van der Waals surface area contributed by atoms with Gasteiger partial charge in [-0.05, 0) is 67.4 Å². The molecule has 2 atom stereocenters. The number of piperazine rings is 1. The van der Waals surface area contributed by atoms with E-state index in [-0.39, 0.29) is 23.7 Å². The average Bonchev–Trinajstić information content (AvgIpc) is 3.43. The number of aromatic amines is 1. The zero-order valence-electron chi connectivity index (χ0n) is 21.8. The molecule has 2 N–H and O–H groups in total. The summed E-state index contributed by atoms with van der Waals surface area (Å²) >= 11 is 0. The number of amides is 2. The molecule has 1 saturated heterocycles. The number of hydrogen-bond acceptors (Lipinski definition) is 5. The van der Waals surface area contributed by atoms with Crippen LogP contribution in [0.4, 0.5) is 4.39 Å². The first-order valence-electron chi connectivity index (χ1n) is 12.8. The van der Waals surface area contributed by atoms with Crippen molar-refractivity contribution >= 4 is 11.8 Å².